The summed E-state index contributed by atoms with van der Waals surface area (Å²) >= 11 is 3.13. The van der Waals surface area contributed by atoms with Crippen LogP contribution in [-0.2, 0) is 4.79 Å². The molecule has 0 saturated heterocycles. The minimum Gasteiger partial charge on any atom is -0.302 e. The maximum absolute atomic E-state index is 12.8. The average Bonchev–Trinajstić information content (AvgIpc) is 3.00. The molecule has 0 bridgehead atoms. The molecule has 130 valence electrons. The van der Waals surface area contributed by atoms with E-state index in [1.54, 1.807) is 23.9 Å². The number of amides is 1. The number of rotatable bonds is 6. The van der Waals surface area contributed by atoms with E-state index in [1.807, 2.05) is 6.07 Å². The summed E-state index contributed by atoms with van der Waals surface area (Å²) in [4.78, 5) is 17.6. The number of aryl methyl sites for hydroxylation is 2. The van der Waals surface area contributed by atoms with E-state index in [1.165, 1.54) is 29.0 Å². The van der Waals surface area contributed by atoms with E-state index in [9.17, 15) is 9.18 Å². The molecule has 0 fully saturated rings. The summed E-state index contributed by atoms with van der Waals surface area (Å²) in [5, 5.41) is 3.55. The largest absolute Gasteiger partial charge is 0.302 e. The predicted octanol–water partition coefficient (Wildman–Crippen LogP) is 5.56. The summed E-state index contributed by atoms with van der Waals surface area (Å²) in [7, 11) is 0. The Morgan fingerprint density at radius 3 is 2.72 bits per heavy atom. The fraction of sp³-hybridized carbons (Fsp3) is 0.263. The molecule has 0 unspecified atom stereocenters. The molecular weight excluding hydrogens is 355 g/mol. The zero-order valence-electron chi connectivity index (χ0n) is 14.1. The van der Waals surface area contributed by atoms with Gasteiger partial charge in [-0.05, 0) is 67.5 Å². The minimum absolute atomic E-state index is 0.0202. The summed E-state index contributed by atoms with van der Waals surface area (Å²) in [6.07, 6.45) is 1.21. The maximum Gasteiger partial charge on any atom is 0.226 e. The molecule has 1 aromatic heterocycles. The van der Waals surface area contributed by atoms with E-state index in [2.05, 4.69) is 30.2 Å². The van der Waals surface area contributed by atoms with Gasteiger partial charge in [0, 0.05) is 11.3 Å². The van der Waals surface area contributed by atoms with Crippen molar-refractivity contribution in [3.63, 3.8) is 0 Å². The number of nitrogens with zero attached hydrogens (tertiary/aromatic N) is 1. The Balaban J connectivity index is 1.49. The fourth-order valence-corrected chi connectivity index (χ4v) is 4.21. The van der Waals surface area contributed by atoms with E-state index in [0.29, 0.717) is 11.6 Å². The quantitative estimate of drug-likeness (QED) is 0.453. The van der Waals surface area contributed by atoms with Gasteiger partial charge in [0.2, 0.25) is 5.91 Å². The molecule has 3 rings (SSSR count). The van der Waals surface area contributed by atoms with Crippen LogP contribution >= 0.6 is 23.1 Å². The molecule has 1 amide bonds. The summed E-state index contributed by atoms with van der Waals surface area (Å²) in [5.41, 5.74) is 3.32. The Kier molecular flexibility index (Phi) is 5.71. The number of benzene rings is 2. The SMILES string of the molecule is Cc1ccc2sc(NC(=O)CCCSc3ccc(F)cc3)nc2c1C. The first-order valence-electron chi connectivity index (χ1n) is 8.08. The molecule has 0 atom stereocenters. The Morgan fingerprint density at radius 1 is 1.20 bits per heavy atom. The standard InChI is InChI=1S/C19H19FN2OS2/c1-12-5-10-16-18(13(12)2)22-19(25-16)21-17(23)4-3-11-24-15-8-6-14(20)7-9-15/h5-10H,3-4,11H2,1-2H3,(H,21,22,23). The summed E-state index contributed by atoms with van der Waals surface area (Å²) in [6.45, 7) is 4.11. The molecule has 0 saturated carbocycles. The number of thiazole rings is 1. The number of halogens is 1. The Bertz CT molecular complexity index is 890. The van der Waals surface area contributed by atoms with E-state index >= 15 is 0 Å². The molecule has 0 aliphatic heterocycles. The van der Waals surface area contributed by atoms with Gasteiger partial charge in [-0.15, -0.1) is 11.8 Å². The van der Waals surface area contributed by atoms with Crippen molar-refractivity contribution < 1.29 is 9.18 Å². The van der Waals surface area contributed by atoms with Crippen molar-refractivity contribution in [3.05, 3.63) is 53.3 Å². The zero-order valence-corrected chi connectivity index (χ0v) is 15.8. The predicted molar refractivity (Wildman–Crippen MR) is 104 cm³/mol. The van der Waals surface area contributed by atoms with Gasteiger partial charge in [0.1, 0.15) is 5.82 Å². The third kappa shape index (κ3) is 4.58. The number of nitrogens with one attached hydrogen (secondary N) is 1. The summed E-state index contributed by atoms with van der Waals surface area (Å²) in [6, 6.07) is 10.5. The van der Waals surface area contributed by atoms with Crippen molar-refractivity contribution in [2.24, 2.45) is 0 Å². The number of hydrogen-bond donors (Lipinski definition) is 1. The summed E-state index contributed by atoms with van der Waals surface area (Å²) < 4.78 is 13.9. The van der Waals surface area contributed by atoms with Crippen LogP contribution < -0.4 is 5.32 Å². The molecule has 2 aromatic carbocycles. The van der Waals surface area contributed by atoms with Crippen molar-refractivity contribution in [2.75, 3.05) is 11.1 Å². The third-order valence-corrected chi connectivity index (χ3v) is 6.00. The molecule has 0 aliphatic rings. The first-order valence-corrected chi connectivity index (χ1v) is 9.88. The second-order valence-corrected chi connectivity index (χ2v) is 8.03. The highest BCUT2D eigenvalue weighted by molar-refractivity contribution is 7.99. The highest BCUT2D eigenvalue weighted by atomic mass is 32.2. The monoisotopic (exact) mass is 374 g/mol. The van der Waals surface area contributed by atoms with Crippen molar-refractivity contribution in [3.8, 4) is 0 Å². The topological polar surface area (TPSA) is 42.0 Å². The van der Waals surface area contributed by atoms with E-state index < -0.39 is 0 Å². The van der Waals surface area contributed by atoms with Gasteiger partial charge < -0.3 is 5.32 Å². The van der Waals surface area contributed by atoms with Crippen LogP contribution in [0.3, 0.4) is 0 Å². The molecule has 1 N–H and O–H groups in total. The number of hydrogen-bond acceptors (Lipinski definition) is 4. The number of thioether (sulfide) groups is 1. The highest BCUT2D eigenvalue weighted by Gasteiger charge is 2.10. The normalized spacial score (nSPS) is 11.0. The maximum atomic E-state index is 12.8. The zero-order chi connectivity index (χ0) is 17.8. The van der Waals surface area contributed by atoms with Crippen molar-refractivity contribution in [1.29, 1.82) is 0 Å². The van der Waals surface area contributed by atoms with Crippen LogP contribution in [0.2, 0.25) is 0 Å². The lowest BCUT2D eigenvalue weighted by molar-refractivity contribution is -0.116. The molecule has 3 nitrogen and oxygen atoms in total. The van der Waals surface area contributed by atoms with E-state index in [0.717, 1.165) is 32.8 Å². The van der Waals surface area contributed by atoms with E-state index in [4.69, 9.17) is 0 Å². The van der Waals surface area contributed by atoms with Gasteiger partial charge in [-0.2, -0.15) is 0 Å². The van der Waals surface area contributed by atoms with Crippen LogP contribution in [0, 0.1) is 19.7 Å². The molecular formula is C19H19FN2OS2. The third-order valence-electron chi connectivity index (χ3n) is 3.96. The molecule has 0 aliphatic carbocycles. The lowest BCUT2D eigenvalue weighted by atomic mass is 10.1. The van der Waals surface area contributed by atoms with Gasteiger partial charge in [-0.1, -0.05) is 17.4 Å². The van der Waals surface area contributed by atoms with Crippen molar-refractivity contribution in [2.45, 2.75) is 31.6 Å². The Morgan fingerprint density at radius 2 is 1.96 bits per heavy atom. The van der Waals surface area contributed by atoms with E-state index in [-0.39, 0.29) is 11.7 Å². The van der Waals surface area contributed by atoms with Gasteiger partial charge in [-0.25, -0.2) is 9.37 Å². The van der Waals surface area contributed by atoms with Gasteiger partial charge >= 0.3 is 0 Å². The van der Waals surface area contributed by atoms with Crippen LogP contribution in [0.15, 0.2) is 41.3 Å². The lowest BCUT2D eigenvalue weighted by Crippen LogP contribution is -2.11. The lowest BCUT2D eigenvalue weighted by Gasteiger charge is -2.02. The highest BCUT2D eigenvalue weighted by Crippen LogP contribution is 2.29. The number of carbonyl (C=O) groups excluding carboxylic acids is 1. The number of anilines is 1. The second kappa shape index (κ2) is 7.97. The molecule has 6 heteroatoms. The molecule has 3 aromatic rings. The van der Waals surface area contributed by atoms with Crippen LogP contribution in [0.1, 0.15) is 24.0 Å². The van der Waals surface area contributed by atoms with Crippen molar-refractivity contribution in [1.82, 2.24) is 4.98 Å². The first-order chi connectivity index (χ1) is 12.0. The summed E-state index contributed by atoms with van der Waals surface area (Å²) in [5.74, 6) is 0.565. The fourth-order valence-electron chi connectivity index (χ4n) is 2.41. The molecule has 0 spiro atoms. The Labute approximate surface area is 154 Å². The molecule has 1 heterocycles. The first kappa shape index (κ1) is 17.9. The average molecular weight is 375 g/mol. The number of fused-ring (bicyclic) bond motifs is 1. The molecule has 0 radical (unpaired) electrons. The molecule has 25 heavy (non-hydrogen) atoms. The van der Waals surface area contributed by atoms with Crippen molar-refractivity contribution >= 4 is 44.4 Å². The second-order valence-electron chi connectivity index (χ2n) is 5.83. The van der Waals surface area contributed by atoms with Gasteiger partial charge in [-0.3, -0.25) is 4.79 Å². The van der Waals surface area contributed by atoms with Gasteiger partial charge in [0.05, 0.1) is 10.2 Å². The van der Waals surface area contributed by atoms with Crippen LogP contribution in [0.4, 0.5) is 9.52 Å². The minimum atomic E-state index is -0.231. The van der Waals surface area contributed by atoms with Gasteiger partial charge in [0.25, 0.3) is 0 Å². The van der Waals surface area contributed by atoms with Crippen LogP contribution in [-0.4, -0.2) is 16.6 Å². The Hall–Kier alpha value is -1.92. The van der Waals surface area contributed by atoms with Crippen LogP contribution in [0.5, 0.6) is 0 Å². The number of aromatic nitrogens is 1. The van der Waals surface area contributed by atoms with Gasteiger partial charge in [0.15, 0.2) is 5.13 Å². The van der Waals surface area contributed by atoms with Crippen LogP contribution in [0.25, 0.3) is 10.2 Å². The smallest absolute Gasteiger partial charge is 0.226 e. The number of carbonyl (C=O) groups is 1.